The van der Waals surface area contributed by atoms with Crippen LogP contribution in [0.1, 0.15) is 0 Å². The number of aromatic amines is 1. The molecule has 0 atom stereocenters. The number of pyridine rings is 1. The largest absolute Gasteiger partial charge is 0.273 e. The molecular formula is C6H4N6. The van der Waals surface area contributed by atoms with Gasteiger partial charge in [0.15, 0.2) is 5.65 Å². The lowest BCUT2D eigenvalue weighted by molar-refractivity contribution is 1.09. The fraction of sp³-hybridized carbons (Fsp3) is 0. The van der Waals surface area contributed by atoms with Crippen molar-refractivity contribution in [3.05, 3.63) is 28.8 Å². The van der Waals surface area contributed by atoms with Crippen molar-refractivity contribution in [3.63, 3.8) is 0 Å². The second-order valence-corrected chi connectivity index (χ2v) is 2.14. The molecule has 2 heterocycles. The van der Waals surface area contributed by atoms with Crippen LogP contribution in [0.15, 0.2) is 23.4 Å². The molecule has 0 amide bonds. The first-order valence-electron chi connectivity index (χ1n) is 3.26. The van der Waals surface area contributed by atoms with Gasteiger partial charge in [-0.2, -0.15) is 5.10 Å². The molecule has 0 saturated carbocycles. The number of nitrogens with one attached hydrogen (secondary N) is 1. The van der Waals surface area contributed by atoms with Crippen LogP contribution in [0.2, 0.25) is 0 Å². The van der Waals surface area contributed by atoms with Crippen molar-refractivity contribution in [2.75, 3.05) is 0 Å². The predicted octanol–water partition coefficient (Wildman–Crippen LogP) is 1.90. The zero-order valence-corrected chi connectivity index (χ0v) is 5.97. The number of fused-ring (bicyclic) bond motifs is 1. The molecule has 2 rings (SSSR count). The Morgan fingerprint density at radius 3 is 3.33 bits per heavy atom. The molecule has 0 aliphatic rings. The van der Waals surface area contributed by atoms with Crippen LogP contribution in [0, 0.1) is 0 Å². The number of rotatable bonds is 1. The molecule has 2 aromatic rings. The first kappa shape index (κ1) is 6.63. The molecule has 0 saturated heterocycles. The summed E-state index contributed by atoms with van der Waals surface area (Å²) in [6.07, 6.45) is 1.63. The van der Waals surface area contributed by atoms with E-state index < -0.39 is 0 Å². The van der Waals surface area contributed by atoms with Crippen molar-refractivity contribution in [1.82, 2.24) is 15.2 Å². The van der Waals surface area contributed by atoms with E-state index in [1.807, 2.05) is 0 Å². The third-order valence-corrected chi connectivity index (χ3v) is 1.45. The summed E-state index contributed by atoms with van der Waals surface area (Å²) in [6.45, 7) is 0. The molecule has 0 spiro atoms. The SMILES string of the molecule is [N-]=[N+]=Nc1[nH]nc2ncccc12. The fourth-order valence-electron chi connectivity index (χ4n) is 0.958. The van der Waals surface area contributed by atoms with Gasteiger partial charge in [-0.3, -0.25) is 5.10 Å². The second-order valence-electron chi connectivity index (χ2n) is 2.14. The lowest BCUT2D eigenvalue weighted by Gasteiger charge is -1.84. The summed E-state index contributed by atoms with van der Waals surface area (Å²) >= 11 is 0. The van der Waals surface area contributed by atoms with E-state index >= 15 is 0 Å². The van der Waals surface area contributed by atoms with Gasteiger partial charge in [0.05, 0.1) is 0 Å². The number of azide groups is 1. The molecule has 0 unspecified atom stereocenters. The second kappa shape index (κ2) is 2.52. The monoisotopic (exact) mass is 160 g/mol. The van der Waals surface area contributed by atoms with Gasteiger partial charge in [0.25, 0.3) is 0 Å². The topological polar surface area (TPSA) is 90.3 Å². The normalized spacial score (nSPS) is 9.67. The predicted molar refractivity (Wildman–Crippen MR) is 42.7 cm³/mol. The molecule has 2 aromatic heterocycles. The fourth-order valence-corrected chi connectivity index (χ4v) is 0.958. The quantitative estimate of drug-likeness (QED) is 0.392. The highest BCUT2D eigenvalue weighted by Crippen LogP contribution is 2.20. The summed E-state index contributed by atoms with van der Waals surface area (Å²) in [7, 11) is 0. The van der Waals surface area contributed by atoms with Gasteiger partial charge in [0.1, 0.15) is 5.82 Å². The Kier molecular flexibility index (Phi) is 1.39. The van der Waals surface area contributed by atoms with Gasteiger partial charge in [0.2, 0.25) is 0 Å². The summed E-state index contributed by atoms with van der Waals surface area (Å²) in [5.74, 6) is 0.403. The highest BCUT2D eigenvalue weighted by Gasteiger charge is 2.01. The maximum atomic E-state index is 8.19. The summed E-state index contributed by atoms with van der Waals surface area (Å²) in [4.78, 5) is 6.61. The van der Waals surface area contributed by atoms with E-state index in [0.717, 1.165) is 5.39 Å². The summed E-state index contributed by atoms with van der Waals surface area (Å²) < 4.78 is 0. The molecule has 0 radical (unpaired) electrons. The van der Waals surface area contributed by atoms with E-state index in [1.165, 1.54) is 0 Å². The van der Waals surface area contributed by atoms with Crippen LogP contribution in [-0.4, -0.2) is 15.2 Å². The van der Waals surface area contributed by atoms with E-state index in [4.69, 9.17) is 5.53 Å². The molecule has 0 aromatic carbocycles. The zero-order valence-electron chi connectivity index (χ0n) is 5.97. The molecule has 0 fully saturated rings. The molecule has 12 heavy (non-hydrogen) atoms. The van der Waals surface area contributed by atoms with Gasteiger partial charge in [-0.25, -0.2) is 4.98 Å². The molecule has 0 aliphatic heterocycles. The highest BCUT2D eigenvalue weighted by atomic mass is 15.3. The van der Waals surface area contributed by atoms with Crippen molar-refractivity contribution < 1.29 is 0 Å². The van der Waals surface area contributed by atoms with Crippen LogP contribution in [0.3, 0.4) is 0 Å². The zero-order chi connectivity index (χ0) is 8.39. The third-order valence-electron chi connectivity index (χ3n) is 1.45. The van der Waals surface area contributed by atoms with Crippen LogP contribution in [0.4, 0.5) is 5.82 Å². The number of hydrogen-bond donors (Lipinski definition) is 1. The average Bonchev–Trinajstić information content (AvgIpc) is 2.50. The molecule has 0 aliphatic carbocycles. The van der Waals surface area contributed by atoms with Crippen molar-refractivity contribution in [1.29, 1.82) is 0 Å². The highest BCUT2D eigenvalue weighted by molar-refractivity contribution is 5.84. The van der Waals surface area contributed by atoms with Crippen LogP contribution in [-0.2, 0) is 0 Å². The minimum absolute atomic E-state index is 0.403. The van der Waals surface area contributed by atoms with Gasteiger partial charge in [-0.1, -0.05) is 0 Å². The summed E-state index contributed by atoms with van der Waals surface area (Å²) in [5, 5.41) is 10.6. The van der Waals surface area contributed by atoms with Gasteiger partial charge in [-0.05, 0) is 22.8 Å². The van der Waals surface area contributed by atoms with Gasteiger partial charge in [-0.15, -0.1) is 0 Å². The first-order valence-corrected chi connectivity index (χ1v) is 3.26. The number of nitrogens with zero attached hydrogens (tertiary/aromatic N) is 5. The van der Waals surface area contributed by atoms with Gasteiger partial charge < -0.3 is 0 Å². The number of aromatic nitrogens is 3. The molecule has 0 bridgehead atoms. The Labute approximate surface area is 66.9 Å². The van der Waals surface area contributed by atoms with Crippen molar-refractivity contribution in [2.24, 2.45) is 5.11 Å². The Morgan fingerprint density at radius 2 is 2.50 bits per heavy atom. The maximum absolute atomic E-state index is 8.19. The molecule has 6 heteroatoms. The Balaban J connectivity index is 2.78. The van der Waals surface area contributed by atoms with Crippen molar-refractivity contribution >= 4 is 16.9 Å². The standard InChI is InChI=1S/C6H4N6/c7-12-11-6-4-2-1-3-8-5(4)9-10-6/h1-3H,(H,8,9,10). The molecular weight excluding hydrogens is 156 g/mol. The van der Waals surface area contributed by atoms with Gasteiger partial charge >= 0.3 is 0 Å². The average molecular weight is 160 g/mol. The lowest BCUT2D eigenvalue weighted by atomic mass is 10.3. The summed E-state index contributed by atoms with van der Waals surface area (Å²) in [6, 6.07) is 3.55. The van der Waals surface area contributed by atoms with Crippen LogP contribution in [0.25, 0.3) is 21.5 Å². The smallest absolute Gasteiger partial charge is 0.181 e. The molecule has 58 valence electrons. The first-order chi connectivity index (χ1) is 5.92. The van der Waals surface area contributed by atoms with E-state index in [0.29, 0.717) is 11.5 Å². The molecule has 1 N–H and O–H groups in total. The minimum Gasteiger partial charge on any atom is -0.273 e. The van der Waals surface area contributed by atoms with Crippen molar-refractivity contribution in [2.45, 2.75) is 0 Å². The van der Waals surface area contributed by atoms with Gasteiger partial charge in [0, 0.05) is 16.5 Å². The summed E-state index contributed by atoms with van der Waals surface area (Å²) in [5.41, 5.74) is 8.74. The third kappa shape index (κ3) is 0.869. The minimum atomic E-state index is 0.403. The van der Waals surface area contributed by atoms with Crippen molar-refractivity contribution in [3.8, 4) is 0 Å². The van der Waals surface area contributed by atoms with E-state index in [9.17, 15) is 0 Å². The molecule has 6 nitrogen and oxygen atoms in total. The Hall–Kier alpha value is -2.07. The van der Waals surface area contributed by atoms with E-state index in [2.05, 4.69) is 25.2 Å². The number of hydrogen-bond acceptors (Lipinski definition) is 3. The van der Waals surface area contributed by atoms with E-state index in [-0.39, 0.29) is 0 Å². The van der Waals surface area contributed by atoms with Crippen LogP contribution in [0.5, 0.6) is 0 Å². The van der Waals surface area contributed by atoms with Crippen LogP contribution >= 0.6 is 0 Å². The number of H-pyrrole nitrogens is 1. The van der Waals surface area contributed by atoms with Crippen LogP contribution < -0.4 is 0 Å². The maximum Gasteiger partial charge on any atom is 0.181 e. The Bertz CT molecular complexity index is 452. The Morgan fingerprint density at radius 1 is 1.58 bits per heavy atom. The van der Waals surface area contributed by atoms with E-state index in [1.54, 1.807) is 18.3 Å². The lowest BCUT2D eigenvalue weighted by Crippen LogP contribution is -1.71.